The van der Waals surface area contributed by atoms with Crippen LogP contribution in [0.1, 0.15) is 352 Å². The van der Waals surface area contributed by atoms with Gasteiger partial charge in [-0.1, -0.05) is 193 Å². The number of carboxylic acids is 5. The molecule has 19 nitrogen and oxygen atoms in total. The van der Waals surface area contributed by atoms with Gasteiger partial charge in [0.05, 0.1) is 51.7 Å². The van der Waals surface area contributed by atoms with E-state index in [0.717, 1.165) is 97.0 Å². The van der Waals surface area contributed by atoms with E-state index in [9.17, 15) is 39.3 Å². The number of aromatic nitrogens is 4. The first-order chi connectivity index (χ1) is 69.6. The standard InChI is InChI=1S/C26H30N2O2S.C26H29NO2S.C25H28N2O2S.C24H32N2O2S.C23H30N2O2S/c1-17-21-22(26(4,5)14-13-25(21,2)3)31-23(17)28(16-19-8-6-7-15-27-19)20-11-9-18(10-12-20)24(29)30;1-17-21-22(26(4,5)16-15-25(21,2)3)30-23(17)27(19-9-7-6-8-10-19)20-13-11-18(12-14-20)24(28)29;1-16-20-21(25(4,5)14-13-24(20,2)3)30-22(16)27(19-8-6-7-15-26-19)18-11-9-17(10-12-18)23(28)29;1-23(2)13-14-24(3,4)21-20(23)25-22(29-21)26(15-17-5-6-17)18-10-7-16(8-11-18)9-12-19(27)28;1-22(2)11-12-23(3,4)20-19(22)24-21(28-20)25(14-16-5-6-16)17-9-7-15(8-10-17)13-18(26)27/h6-12,15H,13-14,16H2,1-5H3,(H,29,30);6-14H,15-16H2,1-5H3,(H,28,29);6-12,15H,13-14H2,1-5H3,(H,28,29);7-8,10-11,17H,5-6,9,12-15H2,1-4H3,(H,27,28);7-10,16H,5-6,11-14H2,1-4H3,(H,26,27). The smallest absolute Gasteiger partial charge is 0.335 e. The van der Waals surface area contributed by atoms with Crippen molar-refractivity contribution >= 4 is 152 Å². The summed E-state index contributed by atoms with van der Waals surface area (Å²) < 4.78 is 0. The van der Waals surface area contributed by atoms with E-state index in [4.69, 9.17) is 20.2 Å². The lowest BCUT2D eigenvalue weighted by atomic mass is 9.66. The van der Waals surface area contributed by atoms with Gasteiger partial charge in [0, 0.05) is 112 Å². The minimum atomic E-state index is -0.919. The molecule has 0 unspecified atom stereocenters. The number of para-hydroxylation sites is 1. The van der Waals surface area contributed by atoms with Crippen LogP contribution in [0.3, 0.4) is 0 Å². The van der Waals surface area contributed by atoms with Crippen molar-refractivity contribution in [1.29, 1.82) is 0 Å². The van der Waals surface area contributed by atoms with Crippen molar-refractivity contribution in [1.82, 2.24) is 19.9 Å². The topological polar surface area (TPSA) is 254 Å². The van der Waals surface area contributed by atoms with E-state index in [2.05, 4.69) is 242 Å². The Morgan fingerprint density at radius 1 is 0.318 bits per heavy atom. The Hall–Kier alpha value is -11.7. The number of carbonyl (C=O) groups is 5. The molecule has 6 aromatic carbocycles. The SMILES string of the molecule is CC1(C)CCC(C)(C)c2sc(N(CC3CC3)c3ccc(CC(=O)O)cc3)nc21.CC1(C)CCC(C)(C)c2sc(N(CC3CC3)c3ccc(CCC(=O)O)cc3)nc21.Cc1c(N(Cc2ccccn2)c2ccc(C(=O)O)cc2)sc2c1C(C)(C)CCC2(C)C.Cc1c(N(c2ccc(C(=O)O)cc2)c2ccccn2)sc2c1C(C)(C)CCC2(C)C.Cc1c(N(c2ccccc2)c2ccc(C(=O)O)cc2)sc2c1C(C)(C)CCC2(C)C. The second-order valence-corrected chi connectivity index (χ2v) is 53.4. The molecule has 0 atom stereocenters. The van der Waals surface area contributed by atoms with Crippen molar-refractivity contribution < 1.29 is 49.5 Å². The molecule has 20 rings (SSSR count). The van der Waals surface area contributed by atoms with E-state index in [1.165, 1.54) is 169 Å². The highest BCUT2D eigenvalue weighted by Crippen LogP contribution is 2.61. The summed E-state index contributed by atoms with van der Waals surface area (Å²) in [5.41, 5.74) is 22.4. The summed E-state index contributed by atoms with van der Waals surface area (Å²) in [5.74, 6) is -1.95. The van der Waals surface area contributed by atoms with Crippen LogP contribution in [0.4, 0.5) is 65.2 Å². The highest BCUT2D eigenvalue weighted by molar-refractivity contribution is 7.18. The van der Waals surface area contributed by atoms with Gasteiger partial charge < -0.3 is 45.1 Å². The number of thiophene rings is 3. The molecule has 0 aliphatic heterocycles. The second-order valence-electron chi connectivity index (χ2n) is 48.5. The fraction of sp³-hybridized carbons (Fsp3) is 0.444. The molecule has 0 spiro atoms. The molecule has 7 aliphatic rings. The van der Waals surface area contributed by atoms with Gasteiger partial charge in [0.2, 0.25) is 0 Å². The highest BCUT2D eigenvalue weighted by atomic mass is 32.1. The number of nitrogens with zero attached hydrogens (tertiary/aromatic N) is 9. The molecule has 2 fully saturated rings. The van der Waals surface area contributed by atoms with E-state index in [1.54, 1.807) is 42.6 Å². The Balaban J connectivity index is 0.000000132. The van der Waals surface area contributed by atoms with Gasteiger partial charge in [0.1, 0.15) is 15.8 Å². The van der Waals surface area contributed by atoms with Gasteiger partial charge in [-0.25, -0.2) is 29.3 Å². The van der Waals surface area contributed by atoms with Crippen LogP contribution < -0.4 is 24.5 Å². The van der Waals surface area contributed by atoms with E-state index >= 15 is 0 Å². The van der Waals surface area contributed by atoms with Gasteiger partial charge in [0.25, 0.3) is 0 Å². The molecule has 13 aromatic rings. The number of pyridine rings is 2. The molecule has 0 radical (unpaired) electrons. The fourth-order valence-electron chi connectivity index (χ4n) is 21.8. The maximum Gasteiger partial charge on any atom is 0.335 e. The monoisotopic (exact) mass is 2080 g/mol. The molecule has 780 valence electrons. The summed E-state index contributed by atoms with van der Waals surface area (Å²) in [5, 5.41) is 51.7. The Bertz CT molecular complexity index is 6710. The summed E-state index contributed by atoms with van der Waals surface area (Å²) in [6, 6.07) is 60.0. The Labute approximate surface area is 896 Å². The van der Waals surface area contributed by atoms with Crippen molar-refractivity contribution in [2.45, 2.75) is 329 Å². The molecule has 148 heavy (non-hydrogen) atoms. The molecule has 7 aromatic heterocycles. The predicted molar refractivity (Wildman–Crippen MR) is 612 cm³/mol. The molecule has 7 aliphatic carbocycles. The molecule has 5 N–H and O–H groups in total. The summed E-state index contributed by atoms with van der Waals surface area (Å²) in [7, 11) is 0. The lowest BCUT2D eigenvalue weighted by Gasteiger charge is -2.39. The molecule has 2 saturated carbocycles. The number of benzene rings is 6. The number of hydrogen-bond acceptors (Lipinski definition) is 19. The molecular weight excluding hydrogens is 1940 g/mol. The van der Waals surface area contributed by atoms with Gasteiger partial charge in [-0.2, -0.15) is 0 Å². The van der Waals surface area contributed by atoms with Gasteiger partial charge in [-0.05, 0) is 339 Å². The van der Waals surface area contributed by atoms with Crippen LogP contribution in [0.5, 0.6) is 0 Å². The van der Waals surface area contributed by atoms with E-state index in [-0.39, 0.29) is 72.6 Å². The third kappa shape index (κ3) is 23.9. The van der Waals surface area contributed by atoms with Crippen molar-refractivity contribution in [2.24, 2.45) is 11.8 Å². The number of anilines is 12. The molecule has 7 heterocycles. The second kappa shape index (κ2) is 42.6. The molecule has 24 heteroatoms. The number of thiazole rings is 2. The fourth-order valence-corrected chi connectivity index (χ4v) is 29.6. The number of fused-ring (bicyclic) bond motifs is 5. The van der Waals surface area contributed by atoms with Crippen LogP contribution in [-0.2, 0) is 83.1 Å². The van der Waals surface area contributed by atoms with E-state index in [1.807, 2.05) is 166 Å². The third-order valence-electron chi connectivity index (χ3n) is 31.8. The zero-order chi connectivity index (χ0) is 107. The first kappa shape index (κ1) is 109. The Kier molecular flexibility index (Phi) is 31.4. The molecule has 0 bridgehead atoms. The average Bonchev–Trinajstić information content (AvgIpc) is 1.54. The summed E-state index contributed by atoms with van der Waals surface area (Å²) in [4.78, 5) is 94.2. The van der Waals surface area contributed by atoms with Crippen LogP contribution in [0.15, 0.2) is 200 Å². The number of aryl methyl sites for hydroxylation is 1. The number of hydrogen-bond donors (Lipinski definition) is 5. The zero-order valence-electron chi connectivity index (χ0n) is 90.7. The number of rotatable bonds is 26. The van der Waals surface area contributed by atoms with Crippen molar-refractivity contribution in [3.8, 4) is 0 Å². The molecular formula is C124H149N9O10S5. The summed E-state index contributed by atoms with van der Waals surface area (Å²) in [6.45, 7) is 56.2. The van der Waals surface area contributed by atoms with Gasteiger partial charge in [-0.15, -0.1) is 56.7 Å². The van der Waals surface area contributed by atoms with Crippen molar-refractivity contribution in [3.05, 3.63) is 303 Å². The molecule has 0 saturated heterocycles. The first-order valence-electron chi connectivity index (χ1n) is 52.5. The Morgan fingerprint density at radius 3 is 1.00 bits per heavy atom. The Morgan fingerprint density at radius 2 is 0.642 bits per heavy atom. The van der Waals surface area contributed by atoms with Crippen LogP contribution in [-0.4, -0.2) is 88.4 Å². The van der Waals surface area contributed by atoms with Crippen molar-refractivity contribution in [2.75, 3.05) is 37.6 Å². The largest absolute Gasteiger partial charge is 0.481 e. The lowest BCUT2D eigenvalue weighted by Crippen LogP contribution is -2.32. The number of aromatic carboxylic acids is 3. The van der Waals surface area contributed by atoms with E-state index in [0.29, 0.717) is 24.1 Å². The predicted octanol–water partition coefficient (Wildman–Crippen LogP) is 33.1. The van der Waals surface area contributed by atoms with E-state index < -0.39 is 29.8 Å². The zero-order valence-corrected chi connectivity index (χ0v) is 94.8. The minimum Gasteiger partial charge on any atom is -0.481 e. The average molecular weight is 2090 g/mol. The first-order valence-corrected chi connectivity index (χ1v) is 56.6. The summed E-state index contributed by atoms with van der Waals surface area (Å²) in [6.07, 6.45) is 21.4. The van der Waals surface area contributed by atoms with Crippen LogP contribution in [0.2, 0.25) is 0 Å². The highest BCUT2D eigenvalue weighted by Gasteiger charge is 2.48. The van der Waals surface area contributed by atoms with Crippen LogP contribution >= 0.6 is 56.7 Å². The molecule has 0 amide bonds. The number of aliphatic carboxylic acids is 2. The minimum absolute atomic E-state index is 0.0663. The van der Waals surface area contributed by atoms with Gasteiger partial charge in [-0.3, -0.25) is 19.5 Å². The maximum absolute atomic E-state index is 11.4. The van der Waals surface area contributed by atoms with Crippen LogP contribution in [0.25, 0.3) is 0 Å². The maximum atomic E-state index is 11.4. The van der Waals surface area contributed by atoms with Crippen molar-refractivity contribution in [3.63, 3.8) is 0 Å². The number of carboxylic acid groups (broad SMARTS) is 5. The van der Waals surface area contributed by atoms with Gasteiger partial charge in [0.15, 0.2) is 10.3 Å². The van der Waals surface area contributed by atoms with Crippen LogP contribution in [0, 0.1) is 32.6 Å². The third-order valence-corrected chi connectivity index (χ3v) is 39.7. The van der Waals surface area contributed by atoms with Gasteiger partial charge >= 0.3 is 29.8 Å². The summed E-state index contributed by atoms with van der Waals surface area (Å²) >= 11 is 9.35. The quantitative estimate of drug-likeness (QED) is 0.0338. The lowest BCUT2D eigenvalue weighted by molar-refractivity contribution is -0.137. The normalized spacial score (nSPS) is 17.8.